The first-order chi connectivity index (χ1) is 23.4. The van der Waals surface area contributed by atoms with Crippen LogP contribution in [0.2, 0.25) is 0 Å². The van der Waals surface area contributed by atoms with Gasteiger partial charge in [0.25, 0.3) is 5.91 Å². The molecule has 0 aromatic heterocycles. The number of carbonyl (C=O) groups is 6. The quantitative estimate of drug-likeness (QED) is 0.158. The first-order valence-electron chi connectivity index (χ1n) is 17.6. The number of halogens is 3. The van der Waals surface area contributed by atoms with Gasteiger partial charge in [-0.1, -0.05) is 61.5 Å². The molecule has 13 nitrogen and oxygen atoms in total. The number of hydrogen-bond donors (Lipinski definition) is 4. The Balaban J connectivity index is 2.36. The van der Waals surface area contributed by atoms with Crippen LogP contribution in [0.15, 0.2) is 12.7 Å². The number of rotatable bonds is 14. The molecule has 2 heterocycles. The standard InChI is InChI=1S/C35H58F3N7O6/c1-11-16-39-29(48)26(46)23(13-15-35(36,37)38)40-28(47)25-22(21(2)3)14-19-45(25)30(49)27(34(7,8)9)42-31(50)41-24(33(4,5)6)20-44-18-12-17-43(10)32(44)51/h11,21-25,27H,1,12-20H2,2-10H3,(H,39,48)(H,40,47)(H2,41,42,50)/t22?,23?,24-,25+,27-/m1/s1. The summed E-state index contributed by atoms with van der Waals surface area (Å²) in [6.07, 6.45) is -4.49. The highest BCUT2D eigenvalue weighted by molar-refractivity contribution is 6.38. The molecule has 7 amide bonds. The van der Waals surface area contributed by atoms with E-state index < -0.39 is 89.5 Å². The summed E-state index contributed by atoms with van der Waals surface area (Å²) in [5.74, 6) is -4.44. The molecule has 0 aliphatic carbocycles. The van der Waals surface area contributed by atoms with E-state index in [2.05, 4.69) is 27.8 Å². The second-order valence-corrected chi connectivity index (χ2v) is 16.1. The zero-order valence-electron chi connectivity index (χ0n) is 31.5. The van der Waals surface area contributed by atoms with Crippen molar-refractivity contribution in [2.24, 2.45) is 22.7 Å². The summed E-state index contributed by atoms with van der Waals surface area (Å²) in [5, 5.41) is 10.3. The first-order valence-corrected chi connectivity index (χ1v) is 17.6. The van der Waals surface area contributed by atoms with Crippen molar-refractivity contribution in [3.8, 4) is 0 Å². The maximum atomic E-state index is 14.3. The first kappa shape index (κ1) is 43.3. The van der Waals surface area contributed by atoms with E-state index in [1.54, 1.807) is 37.6 Å². The Morgan fingerprint density at radius 3 is 2.10 bits per heavy atom. The number of alkyl halides is 3. The van der Waals surface area contributed by atoms with Crippen LogP contribution in [0.3, 0.4) is 0 Å². The number of nitrogens with one attached hydrogen (secondary N) is 4. The van der Waals surface area contributed by atoms with Crippen molar-refractivity contribution in [1.29, 1.82) is 0 Å². The highest BCUT2D eigenvalue weighted by Crippen LogP contribution is 2.34. The summed E-state index contributed by atoms with van der Waals surface area (Å²) in [6.45, 7) is 19.6. The Morgan fingerprint density at radius 1 is 0.941 bits per heavy atom. The molecule has 0 radical (unpaired) electrons. The number of likely N-dealkylation sites (tertiary alicyclic amines) is 1. The van der Waals surface area contributed by atoms with Crippen LogP contribution >= 0.6 is 0 Å². The predicted molar refractivity (Wildman–Crippen MR) is 186 cm³/mol. The van der Waals surface area contributed by atoms with E-state index in [-0.39, 0.29) is 31.6 Å². The topological polar surface area (TPSA) is 160 Å². The maximum absolute atomic E-state index is 14.3. The molecule has 0 spiro atoms. The number of nitrogens with zero attached hydrogens (tertiary/aromatic N) is 3. The van der Waals surface area contributed by atoms with E-state index >= 15 is 0 Å². The molecule has 2 saturated heterocycles. The number of carbonyl (C=O) groups excluding carboxylic acids is 6. The molecule has 290 valence electrons. The number of Topliss-reactive ketones (excluding diaryl/α,β-unsaturated/α-hetero) is 1. The van der Waals surface area contributed by atoms with E-state index in [1.807, 2.05) is 34.6 Å². The van der Waals surface area contributed by atoms with Crippen LogP contribution in [0.25, 0.3) is 0 Å². The third-order valence-electron chi connectivity index (χ3n) is 9.49. The number of hydrogen-bond acceptors (Lipinski definition) is 6. The fourth-order valence-electron chi connectivity index (χ4n) is 6.34. The molecule has 4 N–H and O–H groups in total. The minimum atomic E-state index is -4.66. The van der Waals surface area contributed by atoms with Crippen molar-refractivity contribution < 1.29 is 41.9 Å². The van der Waals surface area contributed by atoms with Gasteiger partial charge in [0.2, 0.25) is 17.6 Å². The minimum absolute atomic E-state index is 0.107. The summed E-state index contributed by atoms with van der Waals surface area (Å²) in [7, 11) is 1.72. The normalized spacial score (nSPS) is 20.4. The van der Waals surface area contributed by atoms with Gasteiger partial charge in [-0.2, -0.15) is 13.2 Å². The molecule has 5 atom stereocenters. The fourth-order valence-corrected chi connectivity index (χ4v) is 6.34. The van der Waals surface area contributed by atoms with Gasteiger partial charge >= 0.3 is 18.2 Å². The van der Waals surface area contributed by atoms with Crippen LogP contribution in [0.1, 0.15) is 81.1 Å². The Hall–Kier alpha value is -3.85. The summed E-state index contributed by atoms with van der Waals surface area (Å²) < 4.78 is 39.6. The minimum Gasteiger partial charge on any atom is -0.346 e. The second kappa shape index (κ2) is 17.6. The van der Waals surface area contributed by atoms with Crippen LogP contribution < -0.4 is 21.3 Å². The van der Waals surface area contributed by atoms with Crippen LogP contribution in [0.4, 0.5) is 22.8 Å². The Kier molecular flexibility index (Phi) is 14.9. The van der Waals surface area contributed by atoms with E-state index in [1.165, 1.54) is 11.0 Å². The monoisotopic (exact) mass is 729 g/mol. The molecule has 0 saturated carbocycles. The average Bonchev–Trinajstić information content (AvgIpc) is 3.46. The van der Waals surface area contributed by atoms with Gasteiger partial charge < -0.3 is 36.0 Å². The number of urea groups is 2. The van der Waals surface area contributed by atoms with Crippen molar-refractivity contribution in [3.63, 3.8) is 0 Å². The number of ketones is 1. The molecular weight excluding hydrogens is 671 g/mol. The maximum Gasteiger partial charge on any atom is 0.389 e. The van der Waals surface area contributed by atoms with Crippen molar-refractivity contribution in [2.75, 3.05) is 39.8 Å². The van der Waals surface area contributed by atoms with E-state index in [0.29, 0.717) is 19.5 Å². The second-order valence-electron chi connectivity index (χ2n) is 16.1. The van der Waals surface area contributed by atoms with Crippen LogP contribution in [-0.4, -0.2) is 120 Å². The summed E-state index contributed by atoms with van der Waals surface area (Å²) in [4.78, 5) is 84.6. The van der Waals surface area contributed by atoms with Gasteiger partial charge in [0.1, 0.15) is 12.1 Å². The SMILES string of the molecule is C=CCNC(=O)C(=O)C(CCC(F)(F)F)NC(=O)[C@@H]1C(C(C)C)CCN1C(=O)[C@@H](NC(=O)N[C@H](CN1CCCN(C)C1=O)C(C)(C)C)C(C)(C)C. The van der Waals surface area contributed by atoms with Gasteiger partial charge in [-0.25, -0.2) is 9.59 Å². The van der Waals surface area contributed by atoms with Gasteiger partial charge in [-0.3, -0.25) is 19.2 Å². The smallest absolute Gasteiger partial charge is 0.346 e. The lowest BCUT2D eigenvalue weighted by molar-refractivity contribution is -0.147. The van der Waals surface area contributed by atoms with Crippen molar-refractivity contribution >= 4 is 35.6 Å². The van der Waals surface area contributed by atoms with Gasteiger partial charge in [0, 0.05) is 46.2 Å². The highest BCUT2D eigenvalue weighted by atomic mass is 19.4. The molecule has 2 fully saturated rings. The van der Waals surface area contributed by atoms with Crippen molar-refractivity contribution in [3.05, 3.63) is 12.7 Å². The van der Waals surface area contributed by atoms with Crippen LogP contribution in [0, 0.1) is 22.7 Å². The molecule has 0 aromatic rings. The molecule has 2 unspecified atom stereocenters. The highest BCUT2D eigenvalue weighted by Gasteiger charge is 2.48. The lowest BCUT2D eigenvalue weighted by Crippen LogP contribution is -2.63. The van der Waals surface area contributed by atoms with Gasteiger partial charge in [-0.15, -0.1) is 6.58 Å². The van der Waals surface area contributed by atoms with E-state index in [9.17, 15) is 41.9 Å². The molecule has 2 aliphatic heterocycles. The third kappa shape index (κ3) is 12.4. The molecule has 51 heavy (non-hydrogen) atoms. The largest absolute Gasteiger partial charge is 0.389 e. The molecule has 0 aromatic carbocycles. The zero-order chi connectivity index (χ0) is 39.1. The lowest BCUT2D eigenvalue weighted by Gasteiger charge is -2.40. The Bertz CT molecular complexity index is 1290. The Labute approximate surface area is 299 Å². The van der Waals surface area contributed by atoms with Crippen molar-refractivity contribution in [2.45, 2.75) is 111 Å². The van der Waals surface area contributed by atoms with Gasteiger partial charge in [0.15, 0.2) is 0 Å². The third-order valence-corrected chi connectivity index (χ3v) is 9.49. The lowest BCUT2D eigenvalue weighted by atomic mass is 9.84. The van der Waals surface area contributed by atoms with Crippen LogP contribution in [0.5, 0.6) is 0 Å². The summed E-state index contributed by atoms with van der Waals surface area (Å²) in [5.41, 5.74) is -1.33. The summed E-state index contributed by atoms with van der Waals surface area (Å²) in [6, 6.07) is -5.40. The Morgan fingerprint density at radius 2 is 1.57 bits per heavy atom. The van der Waals surface area contributed by atoms with Gasteiger partial charge in [-0.05, 0) is 41.9 Å². The van der Waals surface area contributed by atoms with E-state index in [0.717, 1.165) is 6.42 Å². The molecular formula is C35H58F3N7O6. The molecule has 0 bridgehead atoms. The fraction of sp³-hybridized carbons (Fsp3) is 0.771. The average molecular weight is 730 g/mol. The molecule has 16 heteroatoms. The van der Waals surface area contributed by atoms with Crippen LogP contribution in [-0.2, 0) is 19.2 Å². The predicted octanol–water partition coefficient (Wildman–Crippen LogP) is 3.44. The van der Waals surface area contributed by atoms with Crippen molar-refractivity contribution in [1.82, 2.24) is 36.0 Å². The van der Waals surface area contributed by atoms with Gasteiger partial charge in [0.05, 0.1) is 12.1 Å². The summed E-state index contributed by atoms with van der Waals surface area (Å²) >= 11 is 0. The van der Waals surface area contributed by atoms with E-state index in [4.69, 9.17) is 0 Å². The zero-order valence-corrected chi connectivity index (χ0v) is 31.5. The molecule has 2 aliphatic rings. The molecule has 2 rings (SSSR count). The number of amides is 7.